The van der Waals surface area contributed by atoms with Crippen LogP contribution in [0.3, 0.4) is 0 Å². The fraction of sp³-hybridized carbons (Fsp3) is 0.389. The van der Waals surface area contributed by atoms with E-state index in [0.29, 0.717) is 24.0 Å². The van der Waals surface area contributed by atoms with Gasteiger partial charge in [0.05, 0.1) is 6.61 Å². The predicted octanol–water partition coefficient (Wildman–Crippen LogP) is 3.59. The standard InChI is InChI=1S/C18H21ClN2O2/c1-20-7-3-4-17(20)14-8-15(19)10-16(9-14)23-12-13-5-6-18(22)21(2)11-13/h3-4,7-10,13H,5-6,11-12H2,1-2H3. The van der Waals surface area contributed by atoms with Crippen molar-refractivity contribution in [2.75, 3.05) is 20.2 Å². The third-order valence-corrected chi connectivity index (χ3v) is 4.54. The molecule has 0 saturated carbocycles. The fourth-order valence-corrected chi connectivity index (χ4v) is 3.23. The minimum absolute atomic E-state index is 0.218. The molecular formula is C18H21ClN2O2. The molecule has 1 saturated heterocycles. The van der Waals surface area contributed by atoms with Crippen molar-refractivity contribution < 1.29 is 9.53 Å². The van der Waals surface area contributed by atoms with Crippen LogP contribution in [-0.2, 0) is 11.8 Å². The summed E-state index contributed by atoms with van der Waals surface area (Å²) >= 11 is 6.24. The van der Waals surface area contributed by atoms with Gasteiger partial charge in [0.1, 0.15) is 5.75 Å². The second-order valence-electron chi connectivity index (χ2n) is 6.17. The summed E-state index contributed by atoms with van der Waals surface area (Å²) in [6.45, 7) is 1.36. The number of rotatable bonds is 4. The molecule has 2 aromatic rings. The second kappa shape index (κ2) is 6.67. The lowest BCUT2D eigenvalue weighted by molar-refractivity contribution is -0.133. The Kier molecular flexibility index (Phi) is 4.62. The van der Waals surface area contributed by atoms with Crippen molar-refractivity contribution in [1.82, 2.24) is 9.47 Å². The molecule has 1 amide bonds. The lowest BCUT2D eigenvalue weighted by atomic mass is 9.99. The minimum Gasteiger partial charge on any atom is -0.493 e. The summed E-state index contributed by atoms with van der Waals surface area (Å²) in [5, 5.41) is 0.662. The van der Waals surface area contributed by atoms with Crippen molar-refractivity contribution in [2.45, 2.75) is 12.8 Å². The van der Waals surface area contributed by atoms with E-state index in [1.165, 1.54) is 0 Å². The normalized spacial score (nSPS) is 18.3. The van der Waals surface area contributed by atoms with Gasteiger partial charge in [-0.15, -0.1) is 0 Å². The molecule has 0 aliphatic carbocycles. The maximum absolute atomic E-state index is 11.5. The number of benzene rings is 1. The van der Waals surface area contributed by atoms with Crippen LogP contribution in [0.25, 0.3) is 11.3 Å². The monoisotopic (exact) mass is 332 g/mol. The maximum atomic E-state index is 11.5. The number of likely N-dealkylation sites (tertiary alicyclic amines) is 1. The van der Waals surface area contributed by atoms with Crippen LogP contribution in [0.1, 0.15) is 12.8 Å². The zero-order valence-corrected chi connectivity index (χ0v) is 14.2. The summed E-state index contributed by atoms with van der Waals surface area (Å²) in [4.78, 5) is 13.3. The summed E-state index contributed by atoms with van der Waals surface area (Å²) in [5.74, 6) is 1.36. The fourth-order valence-electron chi connectivity index (χ4n) is 3.00. The molecule has 2 heterocycles. The molecule has 1 aromatic heterocycles. The van der Waals surface area contributed by atoms with Crippen LogP contribution in [0.4, 0.5) is 0 Å². The third kappa shape index (κ3) is 3.70. The Morgan fingerprint density at radius 3 is 2.83 bits per heavy atom. The Morgan fingerprint density at radius 1 is 1.30 bits per heavy atom. The van der Waals surface area contributed by atoms with E-state index in [9.17, 15) is 4.79 Å². The zero-order chi connectivity index (χ0) is 16.4. The average molecular weight is 333 g/mol. The summed E-state index contributed by atoms with van der Waals surface area (Å²) in [6, 6.07) is 9.85. The van der Waals surface area contributed by atoms with E-state index < -0.39 is 0 Å². The van der Waals surface area contributed by atoms with E-state index in [2.05, 4.69) is 10.6 Å². The highest BCUT2D eigenvalue weighted by Gasteiger charge is 2.23. The number of carbonyl (C=O) groups excluding carboxylic acids is 1. The van der Waals surface area contributed by atoms with Crippen molar-refractivity contribution in [3.8, 4) is 17.0 Å². The van der Waals surface area contributed by atoms with Gasteiger partial charge in [-0.05, 0) is 36.8 Å². The number of aryl methyl sites for hydroxylation is 1. The quantitative estimate of drug-likeness (QED) is 0.857. The van der Waals surface area contributed by atoms with E-state index in [1.807, 2.05) is 44.6 Å². The van der Waals surface area contributed by atoms with E-state index >= 15 is 0 Å². The molecule has 1 aliphatic heterocycles. The number of aromatic nitrogens is 1. The highest BCUT2D eigenvalue weighted by molar-refractivity contribution is 6.31. The molecule has 0 bridgehead atoms. The Labute approximate surface area is 141 Å². The Balaban J connectivity index is 1.70. The van der Waals surface area contributed by atoms with Crippen LogP contribution >= 0.6 is 11.6 Å². The second-order valence-corrected chi connectivity index (χ2v) is 6.61. The molecule has 4 nitrogen and oxygen atoms in total. The van der Waals surface area contributed by atoms with Gasteiger partial charge in [-0.3, -0.25) is 4.79 Å². The predicted molar refractivity (Wildman–Crippen MR) is 91.7 cm³/mol. The SMILES string of the molecule is CN1CC(COc2cc(Cl)cc(-c3cccn3C)c2)CCC1=O. The first-order valence-electron chi connectivity index (χ1n) is 7.82. The number of nitrogens with zero attached hydrogens (tertiary/aromatic N) is 2. The van der Waals surface area contributed by atoms with Gasteiger partial charge in [-0.2, -0.15) is 0 Å². The molecule has 1 atom stereocenters. The highest BCUT2D eigenvalue weighted by atomic mass is 35.5. The van der Waals surface area contributed by atoms with Crippen LogP contribution < -0.4 is 4.74 Å². The molecule has 3 rings (SSSR count). The van der Waals surface area contributed by atoms with Gasteiger partial charge < -0.3 is 14.2 Å². The number of piperidine rings is 1. The summed E-state index contributed by atoms with van der Waals surface area (Å²) in [7, 11) is 3.85. The van der Waals surface area contributed by atoms with Crippen LogP contribution in [0.2, 0.25) is 5.02 Å². The molecule has 1 aromatic carbocycles. The van der Waals surface area contributed by atoms with Crippen LogP contribution in [-0.4, -0.2) is 35.6 Å². The molecule has 122 valence electrons. The molecule has 5 heteroatoms. The molecule has 0 spiro atoms. The van der Waals surface area contributed by atoms with Crippen molar-refractivity contribution in [2.24, 2.45) is 13.0 Å². The van der Waals surface area contributed by atoms with Crippen molar-refractivity contribution >= 4 is 17.5 Å². The number of hydrogen-bond acceptors (Lipinski definition) is 2. The van der Waals surface area contributed by atoms with E-state index in [-0.39, 0.29) is 5.91 Å². The van der Waals surface area contributed by atoms with Crippen molar-refractivity contribution in [3.63, 3.8) is 0 Å². The number of amides is 1. The largest absolute Gasteiger partial charge is 0.493 e. The van der Waals surface area contributed by atoms with Crippen molar-refractivity contribution in [1.29, 1.82) is 0 Å². The molecule has 1 aliphatic rings. The molecule has 0 N–H and O–H groups in total. The highest BCUT2D eigenvalue weighted by Crippen LogP contribution is 2.29. The van der Waals surface area contributed by atoms with Crippen LogP contribution in [0.5, 0.6) is 5.75 Å². The average Bonchev–Trinajstić information content (AvgIpc) is 2.94. The molecular weight excluding hydrogens is 312 g/mol. The number of halogens is 1. The summed E-state index contributed by atoms with van der Waals surface area (Å²) in [5.41, 5.74) is 2.14. The van der Waals surface area contributed by atoms with E-state index in [0.717, 1.165) is 30.0 Å². The lowest BCUT2D eigenvalue weighted by Gasteiger charge is -2.29. The van der Waals surface area contributed by atoms with Crippen LogP contribution in [0.15, 0.2) is 36.5 Å². The first-order valence-corrected chi connectivity index (χ1v) is 8.20. The van der Waals surface area contributed by atoms with E-state index in [1.54, 1.807) is 4.90 Å². The first kappa shape index (κ1) is 15.9. The third-order valence-electron chi connectivity index (χ3n) is 4.32. The van der Waals surface area contributed by atoms with Gasteiger partial charge >= 0.3 is 0 Å². The Morgan fingerprint density at radius 2 is 2.13 bits per heavy atom. The summed E-state index contributed by atoms with van der Waals surface area (Å²) in [6.07, 6.45) is 3.49. The van der Waals surface area contributed by atoms with Gasteiger partial charge in [0.2, 0.25) is 5.91 Å². The molecule has 0 radical (unpaired) electrons. The number of ether oxygens (including phenoxy) is 1. The summed E-state index contributed by atoms with van der Waals surface area (Å²) < 4.78 is 8.01. The van der Waals surface area contributed by atoms with Gasteiger partial charge in [-0.25, -0.2) is 0 Å². The maximum Gasteiger partial charge on any atom is 0.222 e. The smallest absolute Gasteiger partial charge is 0.222 e. The minimum atomic E-state index is 0.218. The van der Waals surface area contributed by atoms with Gasteiger partial charge in [0.15, 0.2) is 0 Å². The Bertz CT molecular complexity index is 711. The molecule has 1 fully saturated rings. The number of hydrogen-bond donors (Lipinski definition) is 0. The van der Waals surface area contributed by atoms with Crippen LogP contribution in [0, 0.1) is 5.92 Å². The zero-order valence-electron chi connectivity index (χ0n) is 13.5. The molecule has 1 unspecified atom stereocenters. The van der Waals surface area contributed by atoms with Gasteiger partial charge in [0, 0.05) is 55.5 Å². The van der Waals surface area contributed by atoms with Gasteiger partial charge in [-0.1, -0.05) is 11.6 Å². The van der Waals surface area contributed by atoms with Gasteiger partial charge in [0.25, 0.3) is 0 Å². The van der Waals surface area contributed by atoms with Crippen molar-refractivity contribution in [3.05, 3.63) is 41.6 Å². The van der Waals surface area contributed by atoms with E-state index in [4.69, 9.17) is 16.3 Å². The topological polar surface area (TPSA) is 34.5 Å². The number of carbonyl (C=O) groups is 1. The Hall–Kier alpha value is -1.94. The molecule has 23 heavy (non-hydrogen) atoms. The lowest BCUT2D eigenvalue weighted by Crippen LogP contribution is -2.38. The first-order chi connectivity index (χ1) is 11.0.